The minimum Gasteiger partial charge on any atom is -0.395 e. The molecule has 0 saturated carbocycles. The predicted molar refractivity (Wildman–Crippen MR) is 81.0 cm³/mol. The highest BCUT2D eigenvalue weighted by atomic mass is 35.5. The van der Waals surface area contributed by atoms with Gasteiger partial charge in [-0.15, -0.1) is 0 Å². The molecule has 0 aromatic heterocycles. The van der Waals surface area contributed by atoms with Crippen molar-refractivity contribution in [1.82, 2.24) is 4.90 Å². The number of amides is 1. The number of aliphatic hydroxyl groups is 1. The quantitative estimate of drug-likeness (QED) is 0.896. The summed E-state index contributed by atoms with van der Waals surface area (Å²) in [5, 5.41) is 12.9. The number of carbonyl (C=O) groups excluding carboxylic acids is 1. The normalized spacial score (nSPS) is 23.0. The van der Waals surface area contributed by atoms with Crippen LogP contribution in [0.5, 0.6) is 0 Å². The van der Waals surface area contributed by atoms with Crippen molar-refractivity contribution in [3.8, 4) is 0 Å². The Morgan fingerprint density at radius 1 is 1.55 bits per heavy atom. The summed E-state index contributed by atoms with van der Waals surface area (Å²) < 4.78 is 0. The second-order valence-electron chi connectivity index (χ2n) is 5.45. The molecular formula is C15H21ClN2O2. The van der Waals surface area contributed by atoms with Gasteiger partial charge in [0.25, 0.3) is 0 Å². The maximum atomic E-state index is 12.1. The first-order valence-corrected chi connectivity index (χ1v) is 7.30. The standard InChI is InChI=1S/C15H21ClN2O2/c1-10-6-7-18(14(10)9-19)8-15(20)17-13-5-3-4-12(16)11(13)2/h3-5,10,14,19H,6-9H2,1-2H3,(H,17,20). The van der Waals surface area contributed by atoms with Crippen molar-refractivity contribution < 1.29 is 9.90 Å². The maximum absolute atomic E-state index is 12.1. The molecule has 0 spiro atoms. The SMILES string of the molecule is Cc1c(Cl)cccc1NC(=O)CN1CCC(C)C1CO. The van der Waals surface area contributed by atoms with Crippen LogP contribution in [-0.4, -0.2) is 41.7 Å². The number of halogens is 1. The second-order valence-corrected chi connectivity index (χ2v) is 5.85. The molecule has 110 valence electrons. The van der Waals surface area contributed by atoms with Crippen molar-refractivity contribution in [3.63, 3.8) is 0 Å². The van der Waals surface area contributed by atoms with Crippen LogP contribution in [0.3, 0.4) is 0 Å². The van der Waals surface area contributed by atoms with Crippen molar-refractivity contribution >= 4 is 23.2 Å². The lowest BCUT2D eigenvalue weighted by atomic mass is 10.0. The molecule has 1 aliphatic rings. The van der Waals surface area contributed by atoms with E-state index in [1.807, 2.05) is 24.0 Å². The smallest absolute Gasteiger partial charge is 0.238 e. The minimum absolute atomic E-state index is 0.0667. The summed E-state index contributed by atoms with van der Waals surface area (Å²) in [6.07, 6.45) is 1.02. The van der Waals surface area contributed by atoms with E-state index in [1.54, 1.807) is 6.07 Å². The molecule has 1 amide bonds. The third kappa shape index (κ3) is 3.32. The third-order valence-corrected chi connectivity index (χ3v) is 4.48. The van der Waals surface area contributed by atoms with Crippen molar-refractivity contribution in [1.29, 1.82) is 0 Å². The number of aliphatic hydroxyl groups excluding tert-OH is 1. The van der Waals surface area contributed by atoms with Crippen LogP contribution in [0.4, 0.5) is 5.69 Å². The molecule has 1 aliphatic heterocycles. The summed E-state index contributed by atoms with van der Waals surface area (Å²) in [4.78, 5) is 14.2. The van der Waals surface area contributed by atoms with Crippen LogP contribution < -0.4 is 5.32 Å². The Labute approximate surface area is 124 Å². The number of nitrogens with one attached hydrogen (secondary N) is 1. The maximum Gasteiger partial charge on any atom is 0.238 e. The van der Waals surface area contributed by atoms with Crippen molar-refractivity contribution in [2.75, 3.05) is 25.0 Å². The number of nitrogens with zero attached hydrogens (tertiary/aromatic N) is 1. The number of rotatable bonds is 4. The van der Waals surface area contributed by atoms with E-state index < -0.39 is 0 Å². The fourth-order valence-corrected chi connectivity index (χ4v) is 2.87. The first kappa shape index (κ1) is 15.3. The molecule has 20 heavy (non-hydrogen) atoms. The van der Waals surface area contributed by atoms with E-state index in [1.165, 1.54) is 0 Å². The summed E-state index contributed by atoms with van der Waals surface area (Å²) in [6, 6.07) is 5.55. The monoisotopic (exact) mass is 296 g/mol. The number of anilines is 1. The molecule has 1 heterocycles. The summed E-state index contributed by atoms with van der Waals surface area (Å²) in [7, 11) is 0. The van der Waals surface area contributed by atoms with Crippen LogP contribution in [0.25, 0.3) is 0 Å². The summed E-state index contributed by atoms with van der Waals surface area (Å²) in [6.45, 7) is 5.26. The van der Waals surface area contributed by atoms with Gasteiger partial charge in [0.15, 0.2) is 0 Å². The average Bonchev–Trinajstić information content (AvgIpc) is 2.75. The van der Waals surface area contributed by atoms with Crippen molar-refractivity contribution in [2.24, 2.45) is 5.92 Å². The Kier molecular flexibility index (Phi) is 5.02. The molecule has 1 saturated heterocycles. The van der Waals surface area contributed by atoms with Crippen LogP contribution in [0.2, 0.25) is 5.02 Å². The third-order valence-electron chi connectivity index (χ3n) is 4.07. The fraction of sp³-hybridized carbons (Fsp3) is 0.533. The Bertz CT molecular complexity index is 493. The van der Waals surface area contributed by atoms with Gasteiger partial charge in [0.2, 0.25) is 5.91 Å². The lowest BCUT2D eigenvalue weighted by molar-refractivity contribution is -0.117. The van der Waals surface area contributed by atoms with E-state index in [4.69, 9.17) is 11.6 Å². The van der Waals surface area contributed by atoms with Crippen LogP contribution in [0.1, 0.15) is 18.9 Å². The Morgan fingerprint density at radius 2 is 2.30 bits per heavy atom. The molecule has 0 bridgehead atoms. The number of hydrogen-bond donors (Lipinski definition) is 2. The molecule has 1 aromatic carbocycles. The fourth-order valence-electron chi connectivity index (χ4n) is 2.70. The Balaban J connectivity index is 1.97. The van der Waals surface area contributed by atoms with Gasteiger partial charge in [-0.3, -0.25) is 9.69 Å². The molecule has 5 heteroatoms. The summed E-state index contributed by atoms with van der Waals surface area (Å²) >= 11 is 6.04. The molecule has 1 fully saturated rings. The summed E-state index contributed by atoms with van der Waals surface area (Å²) in [5.74, 6) is 0.364. The summed E-state index contributed by atoms with van der Waals surface area (Å²) in [5.41, 5.74) is 1.62. The molecule has 0 radical (unpaired) electrons. The predicted octanol–water partition coefficient (Wildman–Crippen LogP) is 2.29. The van der Waals surface area contributed by atoms with Crippen LogP contribution in [0, 0.1) is 12.8 Å². The molecule has 2 atom stereocenters. The van der Waals surface area contributed by atoms with Gasteiger partial charge >= 0.3 is 0 Å². The van der Waals surface area contributed by atoms with Gasteiger partial charge in [-0.1, -0.05) is 24.6 Å². The number of benzene rings is 1. The van der Waals surface area contributed by atoms with E-state index in [9.17, 15) is 9.90 Å². The zero-order valence-electron chi connectivity index (χ0n) is 11.9. The molecular weight excluding hydrogens is 276 g/mol. The van der Waals surface area contributed by atoms with E-state index in [0.717, 1.165) is 24.2 Å². The average molecular weight is 297 g/mol. The van der Waals surface area contributed by atoms with E-state index in [2.05, 4.69) is 12.2 Å². The topological polar surface area (TPSA) is 52.6 Å². The second kappa shape index (κ2) is 6.57. The number of hydrogen-bond acceptors (Lipinski definition) is 3. The molecule has 0 aliphatic carbocycles. The lowest BCUT2D eigenvalue weighted by Crippen LogP contribution is -2.40. The molecule has 2 unspecified atom stereocenters. The molecule has 2 N–H and O–H groups in total. The largest absolute Gasteiger partial charge is 0.395 e. The minimum atomic E-state index is -0.0667. The first-order chi connectivity index (χ1) is 9.52. The van der Waals surface area contributed by atoms with Crippen molar-refractivity contribution in [3.05, 3.63) is 28.8 Å². The zero-order valence-corrected chi connectivity index (χ0v) is 12.7. The van der Waals surface area contributed by atoms with Gasteiger partial charge in [0.05, 0.1) is 13.2 Å². The number of carbonyl (C=O) groups is 1. The van der Waals surface area contributed by atoms with Gasteiger partial charge in [0, 0.05) is 16.8 Å². The van der Waals surface area contributed by atoms with Crippen LogP contribution in [-0.2, 0) is 4.79 Å². The van der Waals surface area contributed by atoms with E-state index in [-0.39, 0.29) is 18.6 Å². The van der Waals surface area contributed by atoms with Gasteiger partial charge < -0.3 is 10.4 Å². The van der Waals surface area contributed by atoms with Gasteiger partial charge in [-0.05, 0) is 43.5 Å². The Morgan fingerprint density at radius 3 is 3.00 bits per heavy atom. The van der Waals surface area contributed by atoms with E-state index >= 15 is 0 Å². The highest BCUT2D eigenvalue weighted by molar-refractivity contribution is 6.31. The van der Waals surface area contributed by atoms with E-state index in [0.29, 0.717) is 17.5 Å². The van der Waals surface area contributed by atoms with Crippen LogP contribution in [0.15, 0.2) is 18.2 Å². The highest BCUT2D eigenvalue weighted by Crippen LogP contribution is 2.25. The van der Waals surface area contributed by atoms with Gasteiger partial charge in [-0.2, -0.15) is 0 Å². The van der Waals surface area contributed by atoms with Gasteiger partial charge in [-0.25, -0.2) is 0 Å². The zero-order chi connectivity index (χ0) is 14.7. The van der Waals surface area contributed by atoms with Crippen molar-refractivity contribution in [2.45, 2.75) is 26.3 Å². The molecule has 1 aromatic rings. The van der Waals surface area contributed by atoms with Gasteiger partial charge in [0.1, 0.15) is 0 Å². The molecule has 4 nitrogen and oxygen atoms in total. The lowest BCUT2D eigenvalue weighted by Gasteiger charge is -2.24. The van der Waals surface area contributed by atoms with Crippen LogP contribution >= 0.6 is 11.6 Å². The first-order valence-electron chi connectivity index (χ1n) is 6.92. The Hall–Kier alpha value is -1.10. The molecule has 2 rings (SSSR count). The number of likely N-dealkylation sites (tertiary alicyclic amines) is 1. The highest BCUT2D eigenvalue weighted by Gasteiger charge is 2.31.